The van der Waals surface area contributed by atoms with E-state index in [1.165, 1.54) is 0 Å². The molecule has 0 aliphatic heterocycles. The van der Waals surface area contributed by atoms with E-state index < -0.39 is 5.97 Å². The second kappa shape index (κ2) is 6.49. The van der Waals surface area contributed by atoms with Crippen LogP contribution in [0.4, 0.5) is 5.69 Å². The number of aromatic nitrogens is 2. The first kappa shape index (κ1) is 15.2. The molecular weight excluding hydrogens is 268 g/mol. The van der Waals surface area contributed by atoms with Crippen LogP contribution in [0.15, 0.2) is 24.3 Å². The molecular formula is C15H20N4O2. The molecule has 2 rings (SSSR count). The van der Waals surface area contributed by atoms with Gasteiger partial charge in [-0.15, -0.1) is 10.2 Å². The highest BCUT2D eigenvalue weighted by Gasteiger charge is 2.18. The van der Waals surface area contributed by atoms with Crippen molar-refractivity contribution in [1.82, 2.24) is 15.1 Å². The number of nitrogens with one attached hydrogen (secondary N) is 1. The van der Waals surface area contributed by atoms with Gasteiger partial charge in [0.2, 0.25) is 0 Å². The second-order valence-corrected chi connectivity index (χ2v) is 5.38. The number of hydrogen-bond acceptors (Lipinski definition) is 5. The predicted octanol–water partition coefficient (Wildman–Crippen LogP) is 2.08. The first-order valence-corrected chi connectivity index (χ1v) is 6.89. The van der Waals surface area contributed by atoms with Crippen molar-refractivity contribution >= 4 is 22.6 Å². The smallest absolute Gasteiger partial charge is 0.358 e. The Labute approximate surface area is 123 Å². The number of carboxylic acid groups (broad SMARTS) is 1. The third-order valence-corrected chi connectivity index (χ3v) is 3.27. The number of fused-ring (bicyclic) bond motifs is 1. The van der Waals surface area contributed by atoms with Crippen molar-refractivity contribution in [3.8, 4) is 0 Å². The molecule has 0 saturated heterocycles. The van der Waals surface area contributed by atoms with Crippen LogP contribution in [-0.2, 0) is 0 Å². The SMILES string of the molecule is CC(CCN(C)C)Nc1c(C(=O)O)nnc2ccccc12. The first-order valence-electron chi connectivity index (χ1n) is 6.89. The molecule has 6 heteroatoms. The van der Waals surface area contributed by atoms with E-state index >= 15 is 0 Å². The van der Waals surface area contributed by atoms with Crippen molar-refractivity contribution in [2.24, 2.45) is 0 Å². The third kappa shape index (κ3) is 3.66. The van der Waals surface area contributed by atoms with Gasteiger partial charge in [-0.3, -0.25) is 0 Å². The topological polar surface area (TPSA) is 78.4 Å². The molecule has 1 aromatic heterocycles. The van der Waals surface area contributed by atoms with Gasteiger partial charge in [-0.05, 0) is 40.1 Å². The zero-order chi connectivity index (χ0) is 15.4. The molecule has 2 N–H and O–H groups in total. The highest BCUT2D eigenvalue weighted by molar-refractivity contribution is 6.02. The van der Waals surface area contributed by atoms with E-state index in [2.05, 4.69) is 20.4 Å². The Morgan fingerprint density at radius 2 is 2.05 bits per heavy atom. The lowest BCUT2D eigenvalue weighted by Crippen LogP contribution is -2.24. The van der Waals surface area contributed by atoms with Gasteiger partial charge in [0.05, 0.1) is 11.2 Å². The molecule has 0 radical (unpaired) electrons. The van der Waals surface area contributed by atoms with Crippen molar-refractivity contribution in [3.63, 3.8) is 0 Å². The minimum absolute atomic E-state index is 0.0367. The summed E-state index contributed by atoms with van der Waals surface area (Å²) in [5.41, 5.74) is 1.19. The van der Waals surface area contributed by atoms with Crippen LogP contribution in [0.25, 0.3) is 10.9 Å². The van der Waals surface area contributed by atoms with E-state index in [0.29, 0.717) is 11.2 Å². The quantitative estimate of drug-likeness (QED) is 0.847. The fraction of sp³-hybridized carbons (Fsp3) is 0.400. The van der Waals surface area contributed by atoms with Crippen LogP contribution >= 0.6 is 0 Å². The maximum absolute atomic E-state index is 11.4. The van der Waals surface area contributed by atoms with Gasteiger partial charge in [0.15, 0.2) is 5.69 Å². The summed E-state index contributed by atoms with van der Waals surface area (Å²) in [4.78, 5) is 13.5. The van der Waals surface area contributed by atoms with Crippen molar-refractivity contribution < 1.29 is 9.90 Å². The number of aromatic carboxylic acids is 1. The van der Waals surface area contributed by atoms with Crippen LogP contribution in [-0.4, -0.2) is 52.9 Å². The molecule has 112 valence electrons. The van der Waals surface area contributed by atoms with Crippen LogP contribution in [0.5, 0.6) is 0 Å². The number of benzene rings is 1. The van der Waals surface area contributed by atoms with Gasteiger partial charge in [-0.1, -0.05) is 18.2 Å². The summed E-state index contributed by atoms with van der Waals surface area (Å²) in [5.74, 6) is -1.07. The monoisotopic (exact) mass is 288 g/mol. The third-order valence-electron chi connectivity index (χ3n) is 3.27. The number of carboxylic acids is 1. The molecule has 0 saturated carbocycles. The standard InChI is InChI=1S/C15H20N4O2/c1-10(8-9-19(2)3)16-13-11-6-4-5-7-12(11)17-18-14(13)15(20)21/h4-7,10H,8-9H2,1-3H3,(H,16,17)(H,20,21). The number of hydrogen-bond donors (Lipinski definition) is 2. The van der Waals surface area contributed by atoms with Gasteiger partial charge in [0.25, 0.3) is 0 Å². The number of nitrogens with zero attached hydrogens (tertiary/aromatic N) is 3. The van der Waals surface area contributed by atoms with Crippen molar-refractivity contribution in [2.75, 3.05) is 26.0 Å². The molecule has 2 aromatic rings. The Bertz CT molecular complexity index is 643. The zero-order valence-electron chi connectivity index (χ0n) is 12.5. The lowest BCUT2D eigenvalue weighted by Gasteiger charge is -2.19. The van der Waals surface area contributed by atoms with Gasteiger partial charge in [-0.25, -0.2) is 4.79 Å². The van der Waals surface area contributed by atoms with E-state index in [0.717, 1.165) is 18.4 Å². The zero-order valence-corrected chi connectivity index (χ0v) is 12.5. The summed E-state index contributed by atoms with van der Waals surface area (Å²) in [5, 5.41) is 21.2. The molecule has 6 nitrogen and oxygen atoms in total. The predicted molar refractivity (Wildman–Crippen MR) is 82.8 cm³/mol. The first-order chi connectivity index (χ1) is 9.99. The molecule has 1 aromatic carbocycles. The number of anilines is 1. The molecule has 0 bridgehead atoms. The van der Waals surface area contributed by atoms with Gasteiger partial charge in [0, 0.05) is 11.4 Å². The summed E-state index contributed by atoms with van der Waals surface area (Å²) >= 11 is 0. The van der Waals surface area contributed by atoms with E-state index in [1.54, 1.807) is 0 Å². The summed E-state index contributed by atoms with van der Waals surface area (Å²) in [7, 11) is 4.03. The maximum Gasteiger partial charge on any atom is 0.358 e. The van der Waals surface area contributed by atoms with Crippen LogP contribution < -0.4 is 5.32 Å². The Morgan fingerprint density at radius 3 is 2.71 bits per heavy atom. The molecule has 21 heavy (non-hydrogen) atoms. The molecule has 0 aliphatic rings. The number of carbonyl (C=O) groups is 1. The Kier molecular flexibility index (Phi) is 4.70. The lowest BCUT2D eigenvalue weighted by atomic mass is 10.1. The molecule has 1 unspecified atom stereocenters. The lowest BCUT2D eigenvalue weighted by molar-refractivity contribution is 0.0690. The van der Waals surface area contributed by atoms with Gasteiger partial charge >= 0.3 is 5.97 Å². The highest BCUT2D eigenvalue weighted by Crippen LogP contribution is 2.25. The largest absolute Gasteiger partial charge is 0.476 e. The summed E-state index contributed by atoms with van der Waals surface area (Å²) in [6.07, 6.45) is 0.905. The van der Waals surface area contributed by atoms with E-state index in [9.17, 15) is 9.90 Å². The molecule has 0 fully saturated rings. The molecule has 0 aliphatic carbocycles. The highest BCUT2D eigenvalue weighted by atomic mass is 16.4. The van der Waals surface area contributed by atoms with E-state index in [4.69, 9.17) is 0 Å². The van der Waals surface area contributed by atoms with Crippen molar-refractivity contribution in [3.05, 3.63) is 30.0 Å². The van der Waals surface area contributed by atoms with E-state index in [1.807, 2.05) is 45.3 Å². The molecule has 0 spiro atoms. The normalized spacial score (nSPS) is 12.6. The minimum atomic E-state index is -1.07. The Morgan fingerprint density at radius 1 is 1.33 bits per heavy atom. The summed E-state index contributed by atoms with van der Waals surface area (Å²) in [6.45, 7) is 2.96. The van der Waals surface area contributed by atoms with Gasteiger partial charge in [0.1, 0.15) is 0 Å². The van der Waals surface area contributed by atoms with Crippen molar-refractivity contribution in [1.29, 1.82) is 0 Å². The Hall–Kier alpha value is -2.21. The van der Waals surface area contributed by atoms with Crippen LogP contribution in [0.2, 0.25) is 0 Å². The maximum atomic E-state index is 11.4. The van der Waals surface area contributed by atoms with Crippen molar-refractivity contribution in [2.45, 2.75) is 19.4 Å². The average Bonchev–Trinajstić information content (AvgIpc) is 2.45. The summed E-state index contributed by atoms with van der Waals surface area (Å²) < 4.78 is 0. The van der Waals surface area contributed by atoms with Gasteiger partial charge < -0.3 is 15.3 Å². The summed E-state index contributed by atoms with van der Waals surface area (Å²) in [6, 6.07) is 7.54. The molecule has 0 amide bonds. The minimum Gasteiger partial charge on any atom is -0.476 e. The fourth-order valence-electron chi connectivity index (χ4n) is 2.12. The molecule has 1 atom stereocenters. The van der Waals surface area contributed by atoms with Crippen LogP contribution in [0, 0.1) is 0 Å². The number of rotatable bonds is 6. The van der Waals surface area contributed by atoms with Crippen LogP contribution in [0.3, 0.4) is 0 Å². The average molecular weight is 288 g/mol. The van der Waals surface area contributed by atoms with Crippen LogP contribution in [0.1, 0.15) is 23.8 Å². The fourth-order valence-corrected chi connectivity index (χ4v) is 2.12. The second-order valence-electron chi connectivity index (χ2n) is 5.38. The van der Waals surface area contributed by atoms with Gasteiger partial charge in [-0.2, -0.15) is 0 Å². The Balaban J connectivity index is 2.35. The van der Waals surface area contributed by atoms with E-state index in [-0.39, 0.29) is 11.7 Å². The molecule has 1 heterocycles.